The molecule has 1 heterocycles. The van der Waals surface area contributed by atoms with E-state index in [1.807, 2.05) is 20.8 Å². The van der Waals surface area contributed by atoms with E-state index in [2.05, 4.69) is 5.32 Å². The van der Waals surface area contributed by atoms with Gasteiger partial charge in [0.05, 0.1) is 17.1 Å². The van der Waals surface area contributed by atoms with Gasteiger partial charge in [0.2, 0.25) is 0 Å². The minimum atomic E-state index is -0.677. The van der Waals surface area contributed by atoms with E-state index in [1.165, 1.54) is 12.1 Å². The molecule has 0 unspecified atom stereocenters. The number of carbonyl (C=O) groups is 2. The van der Waals surface area contributed by atoms with Crippen molar-refractivity contribution in [1.29, 1.82) is 0 Å². The van der Waals surface area contributed by atoms with E-state index >= 15 is 0 Å². The molecule has 1 aliphatic carbocycles. The van der Waals surface area contributed by atoms with Gasteiger partial charge in [-0.2, -0.15) is 0 Å². The summed E-state index contributed by atoms with van der Waals surface area (Å²) in [7, 11) is 0. The van der Waals surface area contributed by atoms with Crippen molar-refractivity contribution in [2.75, 3.05) is 6.61 Å². The van der Waals surface area contributed by atoms with Crippen LogP contribution in [0.25, 0.3) is 0 Å². The lowest BCUT2D eigenvalue weighted by atomic mass is 9.68. The Balaban J connectivity index is 2.24. The summed E-state index contributed by atoms with van der Waals surface area (Å²) in [5, 5.41) is 14.6. The van der Waals surface area contributed by atoms with E-state index in [4.69, 9.17) is 4.74 Å². The van der Waals surface area contributed by atoms with E-state index in [-0.39, 0.29) is 23.5 Å². The molecule has 0 amide bonds. The highest BCUT2D eigenvalue weighted by Gasteiger charge is 2.43. The number of carbonyl (C=O) groups excluding carboxylic acids is 2. The molecule has 2 aliphatic rings. The number of ketones is 1. The smallest absolute Gasteiger partial charge is 0.336 e. The number of nitro groups is 1. The maximum absolute atomic E-state index is 13.2. The minimum absolute atomic E-state index is 0.0443. The SMILES string of the molecule is CCOC(=O)C1=C(CC)NC2=C(C(=O)CC(C)(C)C2)[C@@H]1c1cccc([N+](=O)[O-])c1. The van der Waals surface area contributed by atoms with Crippen LogP contribution in [0.1, 0.15) is 58.4 Å². The Kier molecular flexibility index (Phi) is 5.59. The van der Waals surface area contributed by atoms with Gasteiger partial charge in [-0.15, -0.1) is 0 Å². The van der Waals surface area contributed by atoms with Gasteiger partial charge in [-0.1, -0.05) is 32.9 Å². The predicted molar refractivity (Wildman–Crippen MR) is 108 cm³/mol. The van der Waals surface area contributed by atoms with Gasteiger partial charge in [0, 0.05) is 41.4 Å². The maximum Gasteiger partial charge on any atom is 0.336 e. The third-order valence-corrected chi connectivity index (χ3v) is 5.39. The highest BCUT2D eigenvalue weighted by molar-refractivity contribution is 6.04. The molecule has 7 heteroatoms. The fraction of sp³-hybridized carbons (Fsp3) is 0.455. The Labute approximate surface area is 170 Å². The molecule has 1 aromatic carbocycles. The van der Waals surface area contributed by atoms with Crippen molar-refractivity contribution in [3.63, 3.8) is 0 Å². The summed E-state index contributed by atoms with van der Waals surface area (Å²) >= 11 is 0. The number of Topliss-reactive ketones (excluding diaryl/α,β-unsaturated/α-hetero) is 1. The van der Waals surface area contributed by atoms with Gasteiger partial charge in [-0.25, -0.2) is 4.79 Å². The summed E-state index contributed by atoms with van der Waals surface area (Å²) < 4.78 is 5.29. The van der Waals surface area contributed by atoms with E-state index in [1.54, 1.807) is 19.1 Å². The molecule has 0 spiro atoms. The van der Waals surface area contributed by atoms with Crippen LogP contribution in [-0.4, -0.2) is 23.3 Å². The van der Waals surface area contributed by atoms with E-state index in [9.17, 15) is 19.7 Å². The Morgan fingerprint density at radius 3 is 2.66 bits per heavy atom. The van der Waals surface area contributed by atoms with Crippen molar-refractivity contribution in [3.8, 4) is 0 Å². The molecular weight excluding hydrogens is 372 g/mol. The topological polar surface area (TPSA) is 98.5 Å². The number of ether oxygens (including phenoxy) is 1. The van der Waals surface area contributed by atoms with Gasteiger partial charge in [0.15, 0.2) is 5.78 Å². The molecule has 29 heavy (non-hydrogen) atoms. The molecule has 154 valence electrons. The van der Waals surface area contributed by atoms with Crippen molar-refractivity contribution in [3.05, 3.63) is 62.5 Å². The zero-order chi connectivity index (χ0) is 21.3. The monoisotopic (exact) mass is 398 g/mol. The van der Waals surface area contributed by atoms with E-state index in [0.29, 0.717) is 41.7 Å². The summed E-state index contributed by atoms with van der Waals surface area (Å²) in [4.78, 5) is 36.9. The zero-order valence-electron chi connectivity index (χ0n) is 17.2. The lowest BCUT2D eigenvalue weighted by Gasteiger charge is -2.39. The molecule has 1 N–H and O–H groups in total. The summed E-state index contributed by atoms with van der Waals surface area (Å²) in [6.07, 6.45) is 1.57. The molecule has 1 aliphatic heterocycles. The number of benzene rings is 1. The third kappa shape index (κ3) is 3.95. The van der Waals surface area contributed by atoms with Crippen LogP contribution in [0.2, 0.25) is 0 Å². The number of non-ortho nitro benzene ring substituents is 1. The average Bonchev–Trinajstić information content (AvgIpc) is 2.65. The third-order valence-electron chi connectivity index (χ3n) is 5.39. The first-order valence-electron chi connectivity index (χ1n) is 9.86. The number of dihydropyridines is 1. The maximum atomic E-state index is 13.2. The molecule has 0 aromatic heterocycles. The van der Waals surface area contributed by atoms with Gasteiger partial charge >= 0.3 is 5.97 Å². The van der Waals surface area contributed by atoms with Crippen molar-refractivity contribution in [1.82, 2.24) is 5.32 Å². The summed E-state index contributed by atoms with van der Waals surface area (Å²) in [6, 6.07) is 6.16. The van der Waals surface area contributed by atoms with Gasteiger partial charge in [-0.05, 0) is 30.7 Å². The van der Waals surface area contributed by atoms with Gasteiger partial charge < -0.3 is 10.1 Å². The molecule has 0 saturated carbocycles. The highest BCUT2D eigenvalue weighted by Crippen LogP contribution is 2.47. The molecule has 1 aromatic rings. The van der Waals surface area contributed by atoms with Crippen LogP contribution in [0.15, 0.2) is 46.8 Å². The lowest BCUT2D eigenvalue weighted by Crippen LogP contribution is -2.39. The first-order valence-corrected chi connectivity index (χ1v) is 9.86. The zero-order valence-corrected chi connectivity index (χ0v) is 17.2. The van der Waals surface area contributed by atoms with Crippen molar-refractivity contribution >= 4 is 17.4 Å². The normalized spacial score (nSPS) is 20.8. The number of nitro benzene ring substituents is 1. The summed E-state index contributed by atoms with van der Waals surface area (Å²) in [5.41, 5.74) is 2.66. The van der Waals surface area contributed by atoms with Crippen LogP contribution >= 0.6 is 0 Å². The first kappa shape index (κ1) is 20.8. The van der Waals surface area contributed by atoms with Gasteiger partial charge in [-0.3, -0.25) is 14.9 Å². The fourth-order valence-electron chi connectivity index (χ4n) is 4.23. The minimum Gasteiger partial charge on any atom is -0.463 e. The number of nitrogens with one attached hydrogen (secondary N) is 1. The quantitative estimate of drug-likeness (QED) is 0.454. The van der Waals surface area contributed by atoms with E-state index < -0.39 is 16.8 Å². The second-order valence-electron chi connectivity index (χ2n) is 8.21. The first-order chi connectivity index (χ1) is 13.7. The van der Waals surface area contributed by atoms with E-state index in [0.717, 1.165) is 5.70 Å². The second-order valence-corrected chi connectivity index (χ2v) is 8.21. The highest BCUT2D eigenvalue weighted by atomic mass is 16.6. The van der Waals surface area contributed by atoms with Gasteiger partial charge in [0.1, 0.15) is 0 Å². The molecule has 0 fully saturated rings. The molecular formula is C22H26N2O5. The number of hydrogen-bond donors (Lipinski definition) is 1. The molecule has 1 atom stereocenters. The standard InChI is InChI=1S/C22H26N2O5/c1-5-15-20(21(26)29-6-2)18(13-8-7-9-14(10-13)24(27)28)19-16(23-15)11-22(3,4)12-17(19)25/h7-10,18,23H,5-6,11-12H2,1-4H3/t18-/m0/s1. The van der Waals surface area contributed by atoms with Crippen LogP contribution in [0.3, 0.4) is 0 Å². The number of esters is 1. The molecule has 3 rings (SSSR count). The van der Waals surface area contributed by atoms with Crippen molar-refractivity contribution in [2.45, 2.75) is 52.9 Å². The molecule has 7 nitrogen and oxygen atoms in total. The van der Waals surface area contributed by atoms with Crippen LogP contribution in [-0.2, 0) is 14.3 Å². The Bertz CT molecular complexity index is 942. The predicted octanol–water partition coefficient (Wildman–Crippen LogP) is 4.15. The van der Waals surface area contributed by atoms with Crippen molar-refractivity contribution < 1.29 is 19.2 Å². The Morgan fingerprint density at radius 2 is 2.03 bits per heavy atom. The Hall–Kier alpha value is -2.96. The van der Waals surface area contributed by atoms with Crippen LogP contribution in [0.4, 0.5) is 5.69 Å². The average molecular weight is 398 g/mol. The van der Waals surface area contributed by atoms with Crippen LogP contribution in [0.5, 0.6) is 0 Å². The number of allylic oxidation sites excluding steroid dienone is 3. The van der Waals surface area contributed by atoms with Crippen LogP contribution in [0, 0.1) is 15.5 Å². The number of hydrogen-bond acceptors (Lipinski definition) is 6. The fourth-order valence-corrected chi connectivity index (χ4v) is 4.23. The number of nitrogens with zero attached hydrogens (tertiary/aromatic N) is 1. The largest absolute Gasteiger partial charge is 0.463 e. The van der Waals surface area contributed by atoms with Crippen LogP contribution < -0.4 is 5.32 Å². The lowest BCUT2D eigenvalue weighted by molar-refractivity contribution is -0.384. The summed E-state index contributed by atoms with van der Waals surface area (Å²) in [6.45, 7) is 7.92. The van der Waals surface area contributed by atoms with Crippen molar-refractivity contribution in [2.24, 2.45) is 5.41 Å². The van der Waals surface area contributed by atoms with Gasteiger partial charge in [0.25, 0.3) is 5.69 Å². The molecule has 0 radical (unpaired) electrons. The Morgan fingerprint density at radius 1 is 1.31 bits per heavy atom. The molecule has 0 saturated heterocycles. The summed E-state index contributed by atoms with van der Waals surface area (Å²) in [5.74, 6) is -1.22. The number of rotatable bonds is 5. The molecule has 0 bridgehead atoms. The second kappa shape index (κ2) is 7.81.